The number of methoxy groups -OCH3 is 1. The molecule has 2 rings (SSSR count). The average Bonchev–Trinajstić information content (AvgIpc) is 2.79. The van der Waals surface area contributed by atoms with E-state index in [0.29, 0.717) is 26.4 Å². The number of ether oxygens (including phenoxy) is 3. The van der Waals surface area contributed by atoms with Gasteiger partial charge in [0.15, 0.2) is 0 Å². The smallest absolute Gasteiger partial charge is 0.202 e. The molecule has 2 heterocycles. The molecule has 1 fully saturated rings. The Morgan fingerprint density at radius 1 is 1.59 bits per heavy atom. The topological polar surface area (TPSA) is 57.5 Å². The summed E-state index contributed by atoms with van der Waals surface area (Å²) in [6, 6.07) is 0. The van der Waals surface area contributed by atoms with Crippen molar-refractivity contribution in [1.82, 2.24) is 9.55 Å². The van der Waals surface area contributed by atoms with Gasteiger partial charge >= 0.3 is 0 Å². The molecule has 1 aliphatic rings. The molecule has 17 heavy (non-hydrogen) atoms. The monoisotopic (exact) mass is 241 g/mol. The second-order valence-electron chi connectivity index (χ2n) is 3.89. The van der Waals surface area contributed by atoms with Crippen LogP contribution in [0, 0.1) is 0 Å². The molecule has 0 bridgehead atoms. The fourth-order valence-electron chi connectivity index (χ4n) is 1.75. The first-order valence-electron chi connectivity index (χ1n) is 5.83. The van der Waals surface area contributed by atoms with Gasteiger partial charge in [0.25, 0.3) is 0 Å². The van der Waals surface area contributed by atoms with Crippen molar-refractivity contribution >= 4 is 5.95 Å². The highest BCUT2D eigenvalue weighted by molar-refractivity contribution is 5.25. The number of imidazole rings is 1. The third kappa shape index (κ3) is 3.69. The van der Waals surface area contributed by atoms with Crippen LogP contribution in [-0.2, 0) is 20.8 Å². The Morgan fingerprint density at radius 3 is 3.29 bits per heavy atom. The van der Waals surface area contributed by atoms with Gasteiger partial charge in [0.2, 0.25) is 5.95 Å². The van der Waals surface area contributed by atoms with Gasteiger partial charge in [-0.2, -0.15) is 0 Å². The van der Waals surface area contributed by atoms with Crippen LogP contribution in [0.25, 0.3) is 0 Å². The van der Waals surface area contributed by atoms with Crippen LogP contribution in [0.4, 0.5) is 5.95 Å². The van der Waals surface area contributed by atoms with Gasteiger partial charge in [-0.15, -0.1) is 0 Å². The molecule has 1 aromatic rings. The van der Waals surface area contributed by atoms with Crippen LogP contribution in [-0.4, -0.2) is 55.7 Å². The molecule has 0 radical (unpaired) electrons. The molecule has 1 unspecified atom stereocenters. The van der Waals surface area contributed by atoms with E-state index in [2.05, 4.69) is 10.3 Å². The van der Waals surface area contributed by atoms with Gasteiger partial charge < -0.3 is 24.1 Å². The van der Waals surface area contributed by atoms with Gasteiger partial charge in [-0.1, -0.05) is 0 Å². The van der Waals surface area contributed by atoms with E-state index in [-0.39, 0.29) is 6.10 Å². The van der Waals surface area contributed by atoms with E-state index in [1.54, 1.807) is 13.3 Å². The van der Waals surface area contributed by atoms with Crippen LogP contribution in [0.1, 0.15) is 0 Å². The number of nitrogens with zero attached hydrogens (tertiary/aromatic N) is 2. The van der Waals surface area contributed by atoms with Crippen molar-refractivity contribution in [3.8, 4) is 0 Å². The maximum absolute atomic E-state index is 5.61. The number of nitrogens with one attached hydrogen (secondary N) is 1. The summed E-state index contributed by atoms with van der Waals surface area (Å²) < 4.78 is 18.0. The Bertz CT molecular complexity index is 324. The Kier molecular flexibility index (Phi) is 4.78. The summed E-state index contributed by atoms with van der Waals surface area (Å²) in [5.74, 6) is 0.844. The minimum atomic E-state index is 0.112. The number of hydrogen-bond donors (Lipinski definition) is 1. The van der Waals surface area contributed by atoms with Crippen LogP contribution in [0.2, 0.25) is 0 Å². The number of anilines is 1. The second-order valence-corrected chi connectivity index (χ2v) is 3.89. The first-order chi connectivity index (χ1) is 8.40. The first-order valence-corrected chi connectivity index (χ1v) is 5.83. The Balaban J connectivity index is 1.84. The fraction of sp³-hybridized carbons (Fsp3) is 0.727. The van der Waals surface area contributed by atoms with Crippen molar-refractivity contribution < 1.29 is 14.2 Å². The Hall–Kier alpha value is -1.11. The van der Waals surface area contributed by atoms with Crippen molar-refractivity contribution in [2.45, 2.75) is 12.6 Å². The molecule has 6 heteroatoms. The van der Waals surface area contributed by atoms with Crippen molar-refractivity contribution in [3.63, 3.8) is 0 Å². The molecular formula is C11H19N3O3. The second kappa shape index (κ2) is 6.58. The van der Waals surface area contributed by atoms with Crippen LogP contribution in [0.5, 0.6) is 0 Å². The lowest BCUT2D eigenvalue weighted by Crippen LogP contribution is -2.32. The van der Waals surface area contributed by atoms with Crippen LogP contribution in [0.3, 0.4) is 0 Å². The summed E-state index contributed by atoms with van der Waals surface area (Å²) in [6.45, 7) is 4.18. The summed E-state index contributed by atoms with van der Waals surface area (Å²) in [5, 5.41) is 3.21. The largest absolute Gasteiger partial charge is 0.383 e. The third-order valence-corrected chi connectivity index (χ3v) is 2.59. The Labute approximate surface area is 101 Å². The summed E-state index contributed by atoms with van der Waals surface area (Å²) >= 11 is 0. The quantitative estimate of drug-likeness (QED) is 0.729. The minimum Gasteiger partial charge on any atom is -0.383 e. The summed E-state index contributed by atoms with van der Waals surface area (Å²) in [5.41, 5.74) is 0. The van der Waals surface area contributed by atoms with Gasteiger partial charge in [-0.05, 0) is 0 Å². The lowest BCUT2D eigenvalue weighted by atomic mass is 10.3. The van der Waals surface area contributed by atoms with Gasteiger partial charge in [0.05, 0.1) is 39.1 Å². The molecule has 1 saturated heterocycles. The molecule has 1 aliphatic heterocycles. The van der Waals surface area contributed by atoms with Gasteiger partial charge in [-0.25, -0.2) is 4.98 Å². The van der Waals surface area contributed by atoms with Gasteiger partial charge in [0, 0.05) is 26.0 Å². The molecule has 0 aromatic carbocycles. The van der Waals surface area contributed by atoms with Crippen molar-refractivity contribution in [2.24, 2.45) is 0 Å². The Morgan fingerprint density at radius 2 is 2.53 bits per heavy atom. The highest BCUT2D eigenvalue weighted by atomic mass is 16.6. The zero-order chi connectivity index (χ0) is 11.9. The normalized spacial score (nSPS) is 20.4. The molecule has 1 N–H and O–H groups in total. The minimum absolute atomic E-state index is 0.112. The SMILES string of the molecule is COCCNc1nccn1CC1COCCO1. The van der Waals surface area contributed by atoms with Crippen molar-refractivity contribution in [1.29, 1.82) is 0 Å². The third-order valence-electron chi connectivity index (χ3n) is 2.59. The zero-order valence-corrected chi connectivity index (χ0v) is 10.1. The number of aromatic nitrogens is 2. The molecule has 0 amide bonds. The zero-order valence-electron chi connectivity index (χ0n) is 10.1. The fourth-order valence-corrected chi connectivity index (χ4v) is 1.75. The number of hydrogen-bond acceptors (Lipinski definition) is 5. The van der Waals surface area contributed by atoms with E-state index in [9.17, 15) is 0 Å². The molecule has 1 aromatic heterocycles. The highest BCUT2D eigenvalue weighted by Crippen LogP contribution is 2.09. The lowest BCUT2D eigenvalue weighted by molar-refractivity contribution is -0.0934. The van der Waals surface area contributed by atoms with Crippen molar-refractivity contribution in [3.05, 3.63) is 12.4 Å². The van der Waals surface area contributed by atoms with Crippen LogP contribution >= 0.6 is 0 Å². The van der Waals surface area contributed by atoms with Gasteiger partial charge in [0.1, 0.15) is 0 Å². The average molecular weight is 241 g/mol. The molecule has 1 atom stereocenters. The molecule has 0 aliphatic carbocycles. The molecule has 6 nitrogen and oxygen atoms in total. The lowest BCUT2D eigenvalue weighted by Gasteiger charge is -2.23. The van der Waals surface area contributed by atoms with E-state index >= 15 is 0 Å². The summed E-state index contributed by atoms with van der Waals surface area (Å²) in [6.07, 6.45) is 3.83. The standard InChI is InChI=1S/C11H19N3O3/c1-15-5-3-13-11-12-2-4-14(11)8-10-9-16-6-7-17-10/h2,4,10H,3,5-9H2,1H3,(H,12,13). The predicted molar refractivity (Wildman–Crippen MR) is 63.2 cm³/mol. The highest BCUT2D eigenvalue weighted by Gasteiger charge is 2.16. The van der Waals surface area contributed by atoms with Crippen LogP contribution < -0.4 is 5.32 Å². The molecule has 0 spiro atoms. The first kappa shape index (κ1) is 12.3. The van der Waals surface area contributed by atoms with Crippen molar-refractivity contribution in [2.75, 3.05) is 45.4 Å². The summed E-state index contributed by atoms with van der Waals surface area (Å²) in [4.78, 5) is 4.25. The predicted octanol–water partition coefficient (Wildman–Crippen LogP) is 0.357. The maximum atomic E-state index is 5.61. The van der Waals surface area contributed by atoms with E-state index in [1.807, 2.05) is 10.8 Å². The maximum Gasteiger partial charge on any atom is 0.202 e. The van der Waals surface area contributed by atoms with Gasteiger partial charge in [-0.3, -0.25) is 0 Å². The van der Waals surface area contributed by atoms with E-state index in [0.717, 1.165) is 19.0 Å². The summed E-state index contributed by atoms with van der Waals surface area (Å²) in [7, 11) is 1.68. The molecule has 96 valence electrons. The molecule has 0 saturated carbocycles. The van der Waals surface area contributed by atoms with E-state index < -0.39 is 0 Å². The van der Waals surface area contributed by atoms with E-state index in [1.165, 1.54) is 0 Å². The van der Waals surface area contributed by atoms with E-state index in [4.69, 9.17) is 14.2 Å². The number of rotatable bonds is 6. The molecular weight excluding hydrogens is 222 g/mol. The van der Waals surface area contributed by atoms with Crippen LogP contribution in [0.15, 0.2) is 12.4 Å².